The van der Waals surface area contributed by atoms with Crippen LogP contribution in [0.25, 0.3) is 0 Å². The molecule has 1 aromatic carbocycles. The molecule has 1 atom stereocenters. The number of hydrogen-bond acceptors (Lipinski definition) is 5. The van der Waals surface area contributed by atoms with Crippen LogP contribution in [0.4, 0.5) is 5.95 Å². The molecule has 2 aromatic rings. The summed E-state index contributed by atoms with van der Waals surface area (Å²) in [6.45, 7) is 3.92. The Hall–Kier alpha value is -2.65. The summed E-state index contributed by atoms with van der Waals surface area (Å²) >= 11 is 0. The first-order valence-electron chi connectivity index (χ1n) is 9.21. The van der Waals surface area contributed by atoms with Crippen LogP contribution in [-0.4, -0.2) is 28.7 Å². The Morgan fingerprint density at radius 3 is 2.88 bits per heavy atom. The van der Waals surface area contributed by atoms with E-state index in [1.807, 2.05) is 25.1 Å². The second-order valence-electron chi connectivity index (χ2n) is 6.84. The molecule has 2 heterocycles. The van der Waals surface area contributed by atoms with Crippen molar-refractivity contribution in [1.82, 2.24) is 9.55 Å². The lowest BCUT2D eigenvalue weighted by molar-refractivity contribution is 0.490. The van der Waals surface area contributed by atoms with Crippen LogP contribution < -0.4 is 16.2 Å². The lowest BCUT2D eigenvalue weighted by Gasteiger charge is -2.33. The third-order valence-electron chi connectivity index (χ3n) is 4.82. The zero-order valence-corrected chi connectivity index (χ0v) is 15.2. The third-order valence-corrected chi connectivity index (χ3v) is 4.82. The maximum Gasteiger partial charge on any atom is 0.258 e. The molecule has 1 aliphatic heterocycles. The van der Waals surface area contributed by atoms with Crippen molar-refractivity contribution >= 4 is 5.95 Å². The molecule has 0 bridgehead atoms. The number of nitrogens with zero attached hydrogens (tertiary/aromatic N) is 4. The molecule has 26 heavy (non-hydrogen) atoms. The van der Waals surface area contributed by atoms with E-state index < -0.39 is 0 Å². The molecule has 0 aliphatic carbocycles. The summed E-state index contributed by atoms with van der Waals surface area (Å²) in [6.07, 6.45) is 5.27. The van der Waals surface area contributed by atoms with Crippen LogP contribution in [-0.2, 0) is 13.0 Å². The van der Waals surface area contributed by atoms with E-state index in [9.17, 15) is 10.1 Å². The maximum atomic E-state index is 13.1. The van der Waals surface area contributed by atoms with Crippen LogP contribution in [0.5, 0.6) is 0 Å². The zero-order chi connectivity index (χ0) is 18.5. The fourth-order valence-electron chi connectivity index (χ4n) is 3.49. The first kappa shape index (κ1) is 18.2. The highest BCUT2D eigenvalue weighted by Crippen LogP contribution is 2.19. The largest absolute Gasteiger partial charge is 0.341 e. The molecule has 1 aromatic heterocycles. The van der Waals surface area contributed by atoms with Gasteiger partial charge < -0.3 is 10.6 Å². The number of benzene rings is 1. The number of nitrogens with two attached hydrogens (primary N) is 1. The Kier molecular flexibility index (Phi) is 5.69. The number of aryl methyl sites for hydroxylation is 1. The van der Waals surface area contributed by atoms with E-state index in [1.165, 1.54) is 0 Å². The van der Waals surface area contributed by atoms with Crippen molar-refractivity contribution in [3.05, 3.63) is 57.5 Å². The second kappa shape index (κ2) is 8.15. The van der Waals surface area contributed by atoms with E-state index in [4.69, 9.17) is 5.73 Å². The van der Waals surface area contributed by atoms with Gasteiger partial charge in [0.05, 0.1) is 18.2 Å². The Morgan fingerprint density at radius 2 is 2.15 bits per heavy atom. The lowest BCUT2D eigenvalue weighted by atomic mass is 10.1. The summed E-state index contributed by atoms with van der Waals surface area (Å²) in [5.41, 5.74) is 8.23. The summed E-state index contributed by atoms with van der Waals surface area (Å²) in [5, 5.41) is 9.38. The molecular weight excluding hydrogens is 326 g/mol. The predicted octanol–water partition coefficient (Wildman–Crippen LogP) is 2.04. The van der Waals surface area contributed by atoms with Crippen LogP contribution in [0.1, 0.15) is 42.9 Å². The van der Waals surface area contributed by atoms with Crippen LogP contribution >= 0.6 is 0 Å². The van der Waals surface area contributed by atoms with E-state index in [-0.39, 0.29) is 11.6 Å². The fourth-order valence-corrected chi connectivity index (χ4v) is 3.49. The molecule has 0 amide bonds. The van der Waals surface area contributed by atoms with Crippen molar-refractivity contribution in [1.29, 1.82) is 5.26 Å². The first-order chi connectivity index (χ1) is 12.6. The Morgan fingerprint density at radius 1 is 1.35 bits per heavy atom. The van der Waals surface area contributed by atoms with Gasteiger partial charge in [-0.05, 0) is 30.9 Å². The van der Waals surface area contributed by atoms with E-state index in [1.54, 1.807) is 16.8 Å². The molecule has 0 radical (unpaired) electrons. The summed E-state index contributed by atoms with van der Waals surface area (Å²) in [4.78, 5) is 19.8. The minimum absolute atomic E-state index is 0.0243. The molecule has 1 fully saturated rings. The van der Waals surface area contributed by atoms with Crippen molar-refractivity contribution in [3.8, 4) is 6.07 Å². The Bertz CT molecular complexity index is 867. The van der Waals surface area contributed by atoms with Gasteiger partial charge in [0, 0.05) is 30.9 Å². The van der Waals surface area contributed by atoms with Gasteiger partial charge in [0.1, 0.15) is 0 Å². The highest BCUT2D eigenvalue weighted by Gasteiger charge is 2.22. The van der Waals surface area contributed by atoms with Crippen LogP contribution in [0.3, 0.4) is 0 Å². The number of hydrogen-bond donors (Lipinski definition) is 1. The highest BCUT2D eigenvalue weighted by molar-refractivity contribution is 5.40. The minimum atomic E-state index is -0.0243. The van der Waals surface area contributed by atoms with Crippen molar-refractivity contribution in [2.45, 2.75) is 45.2 Å². The molecule has 3 rings (SSSR count). The molecular formula is C20H25N5O. The normalized spacial score (nSPS) is 17.1. The number of aromatic nitrogens is 2. The van der Waals surface area contributed by atoms with Crippen molar-refractivity contribution in [2.75, 3.05) is 18.0 Å². The van der Waals surface area contributed by atoms with Gasteiger partial charge in [-0.1, -0.05) is 31.5 Å². The van der Waals surface area contributed by atoms with Gasteiger partial charge in [0.15, 0.2) is 0 Å². The number of nitriles is 1. The van der Waals surface area contributed by atoms with Gasteiger partial charge >= 0.3 is 0 Å². The molecule has 6 nitrogen and oxygen atoms in total. The van der Waals surface area contributed by atoms with Crippen molar-refractivity contribution in [2.24, 2.45) is 5.73 Å². The maximum absolute atomic E-state index is 13.1. The molecule has 0 spiro atoms. The Labute approximate surface area is 153 Å². The molecule has 1 aliphatic rings. The predicted molar refractivity (Wildman–Crippen MR) is 102 cm³/mol. The number of piperidine rings is 1. The summed E-state index contributed by atoms with van der Waals surface area (Å²) in [5.74, 6) is 0.651. The zero-order valence-electron chi connectivity index (χ0n) is 15.2. The van der Waals surface area contributed by atoms with Crippen LogP contribution in [0, 0.1) is 11.3 Å². The quantitative estimate of drug-likeness (QED) is 0.890. The van der Waals surface area contributed by atoms with Gasteiger partial charge in [-0.2, -0.15) is 5.26 Å². The average molecular weight is 351 g/mol. The van der Waals surface area contributed by atoms with Crippen molar-refractivity contribution < 1.29 is 0 Å². The van der Waals surface area contributed by atoms with Gasteiger partial charge in [-0.15, -0.1) is 0 Å². The third kappa shape index (κ3) is 3.78. The molecule has 2 N–H and O–H groups in total. The minimum Gasteiger partial charge on any atom is -0.341 e. The molecule has 0 unspecified atom stereocenters. The first-order valence-corrected chi connectivity index (χ1v) is 9.21. The van der Waals surface area contributed by atoms with E-state index in [2.05, 4.69) is 16.0 Å². The van der Waals surface area contributed by atoms with Crippen LogP contribution in [0.15, 0.2) is 35.3 Å². The SMILES string of the molecule is CCCc1cnc(N2CCC[C@@H](N)C2)n(Cc2ccccc2C#N)c1=O. The second-order valence-corrected chi connectivity index (χ2v) is 6.84. The molecule has 136 valence electrons. The van der Waals surface area contributed by atoms with E-state index in [0.717, 1.165) is 31.4 Å². The van der Waals surface area contributed by atoms with E-state index >= 15 is 0 Å². The molecule has 6 heteroatoms. The summed E-state index contributed by atoms with van der Waals surface area (Å²) in [7, 11) is 0. The van der Waals surface area contributed by atoms with Crippen LogP contribution in [0.2, 0.25) is 0 Å². The fraction of sp³-hybridized carbons (Fsp3) is 0.450. The standard InChI is InChI=1S/C20H25N5O/c1-2-6-16-12-23-20(24-10-5-9-18(22)14-24)25(19(16)26)13-17-8-4-3-7-15(17)11-21/h3-4,7-8,12,18H,2,5-6,9-10,13-14,22H2,1H3/t18-/m1/s1. The topological polar surface area (TPSA) is 87.9 Å². The van der Waals surface area contributed by atoms with E-state index in [0.29, 0.717) is 36.6 Å². The molecule has 1 saturated heterocycles. The highest BCUT2D eigenvalue weighted by atomic mass is 16.1. The number of rotatable bonds is 5. The average Bonchev–Trinajstić information content (AvgIpc) is 2.65. The monoisotopic (exact) mass is 351 g/mol. The smallest absolute Gasteiger partial charge is 0.258 e. The summed E-state index contributed by atoms with van der Waals surface area (Å²) in [6, 6.07) is 9.70. The lowest BCUT2D eigenvalue weighted by Crippen LogP contribution is -2.45. The summed E-state index contributed by atoms with van der Waals surface area (Å²) < 4.78 is 1.71. The Balaban J connectivity index is 2.06. The van der Waals surface area contributed by atoms with Gasteiger partial charge in [0.2, 0.25) is 5.95 Å². The van der Waals surface area contributed by atoms with Gasteiger partial charge in [-0.25, -0.2) is 4.98 Å². The number of anilines is 1. The van der Waals surface area contributed by atoms with Gasteiger partial charge in [-0.3, -0.25) is 9.36 Å². The van der Waals surface area contributed by atoms with Crippen molar-refractivity contribution in [3.63, 3.8) is 0 Å². The molecule has 0 saturated carbocycles. The van der Waals surface area contributed by atoms with Gasteiger partial charge in [0.25, 0.3) is 5.56 Å².